The number of carbonyl (C=O) groups is 1. The highest BCUT2D eigenvalue weighted by molar-refractivity contribution is 5.94. The van der Waals surface area contributed by atoms with Gasteiger partial charge in [0.25, 0.3) is 5.91 Å². The van der Waals surface area contributed by atoms with Crippen LogP contribution in [0.25, 0.3) is 11.1 Å². The Morgan fingerprint density at radius 1 is 1.19 bits per heavy atom. The topological polar surface area (TPSA) is 58.6 Å². The lowest BCUT2D eigenvalue weighted by Crippen LogP contribution is -2.30. The molecule has 4 heteroatoms. The van der Waals surface area contributed by atoms with Crippen LogP contribution >= 0.6 is 0 Å². The van der Waals surface area contributed by atoms with Gasteiger partial charge in [-0.1, -0.05) is 30.3 Å². The van der Waals surface area contributed by atoms with Crippen LogP contribution in [0, 0.1) is 0 Å². The van der Waals surface area contributed by atoms with Gasteiger partial charge in [-0.05, 0) is 30.7 Å². The second kappa shape index (κ2) is 6.90. The molecule has 2 aromatic carbocycles. The van der Waals surface area contributed by atoms with Crippen molar-refractivity contribution in [2.75, 3.05) is 13.7 Å². The third-order valence-corrected chi connectivity index (χ3v) is 3.12. The maximum atomic E-state index is 11.9. The average Bonchev–Trinajstić information content (AvgIpc) is 2.52. The summed E-state index contributed by atoms with van der Waals surface area (Å²) in [6.45, 7) is 1.87. The van der Waals surface area contributed by atoms with Crippen LogP contribution in [0.3, 0.4) is 0 Å². The molecule has 0 bridgehead atoms. The van der Waals surface area contributed by atoms with E-state index in [2.05, 4.69) is 5.32 Å². The van der Waals surface area contributed by atoms with Crippen LogP contribution in [0.1, 0.15) is 17.3 Å². The Hall–Kier alpha value is -2.33. The Morgan fingerprint density at radius 2 is 1.86 bits per heavy atom. The van der Waals surface area contributed by atoms with Crippen molar-refractivity contribution in [2.45, 2.75) is 13.0 Å². The van der Waals surface area contributed by atoms with Gasteiger partial charge in [0.05, 0.1) is 13.2 Å². The molecule has 0 saturated carbocycles. The number of methoxy groups -OCH3 is 1. The van der Waals surface area contributed by atoms with Gasteiger partial charge in [0.15, 0.2) is 0 Å². The molecule has 21 heavy (non-hydrogen) atoms. The number of carbonyl (C=O) groups excluding carboxylic acids is 1. The van der Waals surface area contributed by atoms with E-state index in [0.29, 0.717) is 5.56 Å². The summed E-state index contributed by atoms with van der Waals surface area (Å²) in [6.07, 6.45) is -0.554. The summed E-state index contributed by atoms with van der Waals surface area (Å²) in [5, 5.41) is 11.8. The molecule has 0 aliphatic heterocycles. The minimum absolute atomic E-state index is 0.192. The summed E-state index contributed by atoms with van der Waals surface area (Å²) in [6, 6.07) is 15.0. The van der Waals surface area contributed by atoms with E-state index >= 15 is 0 Å². The maximum Gasteiger partial charge on any atom is 0.251 e. The van der Waals surface area contributed by atoms with E-state index in [1.54, 1.807) is 26.2 Å². The summed E-state index contributed by atoms with van der Waals surface area (Å²) in [5.41, 5.74) is 2.53. The monoisotopic (exact) mass is 285 g/mol. The molecule has 0 unspecified atom stereocenters. The maximum absolute atomic E-state index is 11.9. The summed E-state index contributed by atoms with van der Waals surface area (Å²) >= 11 is 0. The molecule has 2 rings (SSSR count). The lowest BCUT2D eigenvalue weighted by atomic mass is 10.0. The molecule has 2 N–H and O–H groups in total. The standard InChI is InChI=1S/C17H19NO3/c1-12(19)11-18-17(20)14-9-7-13(8-10-14)15-5-3-4-6-16(15)21-2/h3-10,12,19H,11H2,1-2H3,(H,18,20)/t12-/m0/s1. The zero-order valence-electron chi connectivity index (χ0n) is 12.2. The van der Waals surface area contributed by atoms with Crippen LogP contribution in [-0.4, -0.2) is 30.8 Å². The van der Waals surface area contributed by atoms with Gasteiger partial charge in [0, 0.05) is 17.7 Å². The first-order valence-corrected chi connectivity index (χ1v) is 6.81. The summed E-state index contributed by atoms with van der Waals surface area (Å²) in [5.74, 6) is 0.603. The third kappa shape index (κ3) is 3.83. The van der Waals surface area contributed by atoms with Gasteiger partial charge in [-0.15, -0.1) is 0 Å². The molecule has 0 heterocycles. The molecule has 0 radical (unpaired) electrons. The van der Waals surface area contributed by atoms with Gasteiger partial charge in [-0.25, -0.2) is 0 Å². The lowest BCUT2D eigenvalue weighted by Gasteiger charge is -2.10. The van der Waals surface area contributed by atoms with E-state index in [9.17, 15) is 9.90 Å². The number of ether oxygens (including phenoxy) is 1. The Bertz CT molecular complexity index is 606. The Labute approximate surface area is 124 Å². The molecule has 1 atom stereocenters. The fourth-order valence-corrected chi connectivity index (χ4v) is 2.03. The fourth-order valence-electron chi connectivity index (χ4n) is 2.03. The fraction of sp³-hybridized carbons (Fsp3) is 0.235. The Morgan fingerprint density at radius 3 is 2.48 bits per heavy atom. The van der Waals surface area contributed by atoms with Gasteiger partial charge in [0.1, 0.15) is 5.75 Å². The van der Waals surface area contributed by atoms with Gasteiger partial charge < -0.3 is 15.2 Å². The SMILES string of the molecule is COc1ccccc1-c1ccc(C(=O)NC[C@H](C)O)cc1. The van der Waals surface area contributed by atoms with Gasteiger partial charge in [-0.2, -0.15) is 0 Å². The minimum atomic E-state index is -0.554. The molecule has 0 aromatic heterocycles. The predicted octanol–water partition coefficient (Wildman–Crippen LogP) is 2.47. The predicted molar refractivity (Wildman–Crippen MR) is 82.4 cm³/mol. The first-order valence-electron chi connectivity index (χ1n) is 6.81. The number of hydrogen-bond acceptors (Lipinski definition) is 3. The zero-order chi connectivity index (χ0) is 15.2. The van der Waals surface area contributed by atoms with Crippen LogP contribution in [-0.2, 0) is 0 Å². The molecule has 2 aromatic rings. The number of amides is 1. The van der Waals surface area contributed by atoms with E-state index in [1.165, 1.54) is 0 Å². The number of aliphatic hydroxyl groups excluding tert-OH is 1. The van der Waals surface area contributed by atoms with Crippen molar-refractivity contribution in [3.63, 3.8) is 0 Å². The molecule has 0 saturated heterocycles. The summed E-state index contributed by atoms with van der Waals surface area (Å²) < 4.78 is 5.34. The van der Waals surface area contributed by atoms with Crippen LogP contribution in [0.5, 0.6) is 5.75 Å². The molecular formula is C17H19NO3. The molecule has 1 amide bonds. The molecule has 110 valence electrons. The molecule has 0 aliphatic rings. The molecule has 0 spiro atoms. The van der Waals surface area contributed by atoms with E-state index in [0.717, 1.165) is 16.9 Å². The second-order valence-electron chi connectivity index (χ2n) is 4.84. The van der Waals surface area contributed by atoms with Crippen LogP contribution < -0.4 is 10.1 Å². The van der Waals surface area contributed by atoms with Crippen LogP contribution in [0.2, 0.25) is 0 Å². The largest absolute Gasteiger partial charge is 0.496 e. The van der Waals surface area contributed by atoms with Crippen molar-refractivity contribution in [3.05, 3.63) is 54.1 Å². The van der Waals surface area contributed by atoms with E-state index in [4.69, 9.17) is 4.74 Å². The van der Waals surface area contributed by atoms with E-state index < -0.39 is 6.10 Å². The first kappa shape index (κ1) is 15.1. The molecular weight excluding hydrogens is 266 g/mol. The second-order valence-corrected chi connectivity index (χ2v) is 4.84. The van der Waals surface area contributed by atoms with E-state index in [-0.39, 0.29) is 12.5 Å². The summed E-state index contributed by atoms with van der Waals surface area (Å²) in [4.78, 5) is 11.9. The number of para-hydroxylation sites is 1. The third-order valence-electron chi connectivity index (χ3n) is 3.12. The van der Waals surface area contributed by atoms with Crippen LogP contribution in [0.4, 0.5) is 0 Å². The van der Waals surface area contributed by atoms with Gasteiger partial charge in [0.2, 0.25) is 0 Å². The molecule has 0 aliphatic carbocycles. The number of hydrogen-bond donors (Lipinski definition) is 2. The molecule has 0 fully saturated rings. The van der Waals surface area contributed by atoms with Crippen molar-refractivity contribution in [2.24, 2.45) is 0 Å². The highest BCUT2D eigenvalue weighted by atomic mass is 16.5. The number of rotatable bonds is 5. The quantitative estimate of drug-likeness (QED) is 0.887. The number of nitrogens with one attached hydrogen (secondary N) is 1. The first-order chi connectivity index (χ1) is 10.1. The molecule has 4 nitrogen and oxygen atoms in total. The van der Waals surface area contributed by atoms with Gasteiger partial charge >= 0.3 is 0 Å². The smallest absolute Gasteiger partial charge is 0.251 e. The minimum Gasteiger partial charge on any atom is -0.496 e. The Balaban J connectivity index is 2.17. The van der Waals surface area contributed by atoms with Crippen LogP contribution in [0.15, 0.2) is 48.5 Å². The van der Waals surface area contributed by atoms with Crippen molar-refractivity contribution < 1.29 is 14.6 Å². The van der Waals surface area contributed by atoms with Crippen molar-refractivity contribution >= 4 is 5.91 Å². The lowest BCUT2D eigenvalue weighted by molar-refractivity contribution is 0.0924. The van der Waals surface area contributed by atoms with Crippen molar-refractivity contribution in [1.82, 2.24) is 5.32 Å². The number of benzene rings is 2. The normalized spacial score (nSPS) is 11.8. The summed E-state index contributed by atoms with van der Waals surface area (Å²) in [7, 11) is 1.64. The average molecular weight is 285 g/mol. The van der Waals surface area contributed by atoms with Crippen molar-refractivity contribution in [3.8, 4) is 16.9 Å². The zero-order valence-corrected chi connectivity index (χ0v) is 12.2. The highest BCUT2D eigenvalue weighted by Crippen LogP contribution is 2.29. The highest BCUT2D eigenvalue weighted by Gasteiger charge is 2.08. The van der Waals surface area contributed by atoms with E-state index in [1.807, 2.05) is 36.4 Å². The Kier molecular flexibility index (Phi) is 4.95. The van der Waals surface area contributed by atoms with Crippen molar-refractivity contribution in [1.29, 1.82) is 0 Å². The number of aliphatic hydroxyl groups is 1. The van der Waals surface area contributed by atoms with Gasteiger partial charge in [-0.3, -0.25) is 4.79 Å².